The predicted octanol–water partition coefficient (Wildman–Crippen LogP) is 1.31. The molecule has 5 unspecified atom stereocenters. The molecule has 0 aromatic rings. The first-order valence-electron chi connectivity index (χ1n) is 14.1. The highest BCUT2D eigenvalue weighted by Gasteiger charge is 2.42. The number of carbonyl (C=O) groups excluding carboxylic acids is 2. The van der Waals surface area contributed by atoms with Gasteiger partial charge in [-0.3, -0.25) is 13.8 Å². The Morgan fingerprint density at radius 1 is 0.976 bits per heavy atom. The van der Waals surface area contributed by atoms with Crippen LogP contribution in [0.5, 0.6) is 0 Å². The minimum atomic E-state index is -4.02. The molecule has 5 atom stereocenters. The normalized spacial score (nSPS) is 22.1. The molecule has 4 N–H and O–H groups in total. The zero-order valence-electron chi connectivity index (χ0n) is 24.2. The molecule has 41 heavy (non-hydrogen) atoms. The number of thioether (sulfide) groups is 1. The Labute approximate surface area is 247 Å². The number of ether oxygens (including phenoxy) is 5. The molecule has 2 heterocycles. The summed E-state index contributed by atoms with van der Waals surface area (Å²) in [5.41, 5.74) is 0. The number of unbranched alkanes of at least 4 members (excludes halogenated alkanes) is 1. The molecule has 0 spiro atoms. The van der Waals surface area contributed by atoms with Crippen molar-refractivity contribution in [3.05, 3.63) is 0 Å². The van der Waals surface area contributed by atoms with Gasteiger partial charge in [0.05, 0.1) is 71.5 Å². The molecule has 2 saturated heterocycles. The maximum Gasteiger partial charge on any atom is 0.471 e. The minimum Gasteiger partial charge on any atom is -0.384 e. The molecule has 0 radical (unpaired) electrons. The quantitative estimate of drug-likeness (QED) is 0.0615. The topological polar surface area (TPSA) is 172 Å². The molecule has 14 nitrogen and oxygen atoms in total. The number of phosphoric acid groups is 1. The predicted molar refractivity (Wildman–Crippen MR) is 153 cm³/mol. The van der Waals surface area contributed by atoms with Gasteiger partial charge in [-0.05, 0) is 19.3 Å². The van der Waals surface area contributed by atoms with Crippen molar-refractivity contribution in [1.82, 2.24) is 16.0 Å². The monoisotopic (exact) mass is 629 g/mol. The van der Waals surface area contributed by atoms with Crippen LogP contribution in [0.4, 0.5) is 4.79 Å². The van der Waals surface area contributed by atoms with Gasteiger partial charge in [-0.1, -0.05) is 6.42 Å². The van der Waals surface area contributed by atoms with Gasteiger partial charge >= 0.3 is 13.9 Å². The van der Waals surface area contributed by atoms with Gasteiger partial charge in [-0.25, -0.2) is 9.36 Å². The smallest absolute Gasteiger partial charge is 0.384 e. The van der Waals surface area contributed by atoms with E-state index in [0.29, 0.717) is 77.7 Å². The second kappa shape index (κ2) is 21.7. The summed E-state index contributed by atoms with van der Waals surface area (Å²) in [6, 6.07) is 0.404. The van der Waals surface area contributed by atoms with E-state index >= 15 is 0 Å². The SMILES string of the molecule is COCC(COCCOCCOCCOCCCNC(=O)CCCCC1SCC2NC(=O)NC21)COP(=O)(O)OC. The summed E-state index contributed by atoms with van der Waals surface area (Å²) < 4.78 is 47.6. The van der Waals surface area contributed by atoms with Gasteiger partial charge < -0.3 is 44.5 Å². The lowest BCUT2D eigenvalue weighted by atomic mass is 10.0. The number of rotatable bonds is 26. The van der Waals surface area contributed by atoms with E-state index in [9.17, 15) is 19.0 Å². The van der Waals surface area contributed by atoms with E-state index in [1.807, 2.05) is 11.8 Å². The number of amides is 3. The van der Waals surface area contributed by atoms with Crippen LogP contribution >= 0.6 is 19.6 Å². The molecular weight excluding hydrogens is 581 g/mol. The maximum absolute atomic E-state index is 12.0. The van der Waals surface area contributed by atoms with Crippen LogP contribution in [-0.4, -0.2) is 127 Å². The van der Waals surface area contributed by atoms with Gasteiger partial charge in [0.1, 0.15) is 0 Å². The van der Waals surface area contributed by atoms with Crippen molar-refractivity contribution in [1.29, 1.82) is 0 Å². The number of nitrogens with one attached hydrogen (secondary N) is 3. The third kappa shape index (κ3) is 16.4. The summed E-state index contributed by atoms with van der Waals surface area (Å²) in [5.74, 6) is 0.812. The Morgan fingerprint density at radius 3 is 2.34 bits per heavy atom. The number of hydrogen-bond donors (Lipinski definition) is 4. The van der Waals surface area contributed by atoms with Crippen LogP contribution in [-0.2, 0) is 42.1 Å². The second-order valence-corrected chi connectivity index (χ2v) is 12.6. The summed E-state index contributed by atoms with van der Waals surface area (Å²) >= 11 is 1.90. The highest BCUT2D eigenvalue weighted by atomic mass is 32.2. The van der Waals surface area contributed by atoms with E-state index in [1.54, 1.807) is 0 Å². The third-order valence-electron chi connectivity index (χ3n) is 6.44. The average Bonchev–Trinajstić information content (AvgIpc) is 3.50. The van der Waals surface area contributed by atoms with Crippen LogP contribution in [0.25, 0.3) is 0 Å². The van der Waals surface area contributed by atoms with Crippen LogP contribution < -0.4 is 16.0 Å². The Morgan fingerprint density at radius 2 is 1.66 bits per heavy atom. The van der Waals surface area contributed by atoms with E-state index in [2.05, 4.69) is 20.5 Å². The van der Waals surface area contributed by atoms with E-state index in [0.717, 1.165) is 38.5 Å². The van der Waals surface area contributed by atoms with E-state index < -0.39 is 7.82 Å². The van der Waals surface area contributed by atoms with Crippen molar-refractivity contribution in [2.45, 2.75) is 49.4 Å². The number of carbonyl (C=O) groups is 2. The van der Waals surface area contributed by atoms with Gasteiger partial charge in [0.2, 0.25) is 5.91 Å². The van der Waals surface area contributed by atoms with Gasteiger partial charge in [0.25, 0.3) is 0 Å². The van der Waals surface area contributed by atoms with Crippen molar-refractivity contribution in [2.75, 3.05) is 92.6 Å². The van der Waals surface area contributed by atoms with Crippen LogP contribution in [0.1, 0.15) is 32.1 Å². The fraction of sp³-hybridized carbons (Fsp3) is 0.920. The fourth-order valence-corrected chi connectivity index (χ4v) is 6.35. The molecule has 2 aliphatic heterocycles. The van der Waals surface area contributed by atoms with E-state index in [-0.39, 0.29) is 36.5 Å². The fourth-order valence-electron chi connectivity index (χ4n) is 4.31. The minimum absolute atomic E-state index is 0.0236. The standard InChI is InChI=1S/C25H48N3O11PS/c1-33-16-20(18-39-40(31,32)34-2)17-38-15-14-37-13-12-36-11-10-35-9-5-8-26-23(29)7-4-3-6-22-24-21(19-41-22)27-25(30)28-24/h20-22,24H,3-19H2,1-2H3,(H,26,29)(H,31,32)(H2,27,28,30). The Balaban J connectivity index is 1.29. The van der Waals surface area contributed by atoms with Crippen molar-refractivity contribution in [2.24, 2.45) is 5.92 Å². The number of fused-ring (bicyclic) bond motifs is 1. The van der Waals surface area contributed by atoms with Gasteiger partial charge in [0.15, 0.2) is 0 Å². The first kappa shape index (κ1) is 36.2. The highest BCUT2D eigenvalue weighted by molar-refractivity contribution is 8.00. The Kier molecular flexibility index (Phi) is 19.1. The summed E-state index contributed by atoms with van der Waals surface area (Å²) in [6.07, 6.45) is 4.10. The van der Waals surface area contributed by atoms with Crippen molar-refractivity contribution in [3.63, 3.8) is 0 Å². The molecule has 0 bridgehead atoms. The van der Waals surface area contributed by atoms with Crippen LogP contribution in [0.3, 0.4) is 0 Å². The van der Waals surface area contributed by atoms with E-state index in [4.69, 9.17) is 28.2 Å². The molecule has 16 heteroatoms. The summed E-state index contributed by atoms with van der Waals surface area (Å²) in [5, 5.41) is 9.31. The van der Waals surface area contributed by atoms with Gasteiger partial charge in [-0.2, -0.15) is 11.8 Å². The van der Waals surface area contributed by atoms with Crippen LogP contribution in [0.2, 0.25) is 0 Å². The zero-order chi connectivity index (χ0) is 29.8. The molecular formula is C25H48N3O11PS. The average molecular weight is 630 g/mol. The highest BCUT2D eigenvalue weighted by Crippen LogP contribution is 2.42. The molecule has 2 aliphatic rings. The lowest BCUT2D eigenvalue weighted by Crippen LogP contribution is -2.36. The zero-order valence-corrected chi connectivity index (χ0v) is 25.9. The summed E-state index contributed by atoms with van der Waals surface area (Å²) in [4.78, 5) is 32.7. The Hall–Kier alpha value is -1.00. The molecule has 0 aliphatic carbocycles. The number of methoxy groups -OCH3 is 1. The second-order valence-electron chi connectivity index (χ2n) is 9.75. The molecule has 3 amide bonds. The third-order valence-corrected chi connectivity index (χ3v) is 8.89. The van der Waals surface area contributed by atoms with Crippen molar-refractivity contribution < 1.29 is 51.8 Å². The maximum atomic E-state index is 12.0. The molecule has 0 aromatic heterocycles. The lowest BCUT2D eigenvalue weighted by Gasteiger charge is -2.17. The van der Waals surface area contributed by atoms with Gasteiger partial charge in [0, 0.05) is 50.7 Å². The molecule has 2 fully saturated rings. The molecule has 0 aromatic carbocycles. The van der Waals surface area contributed by atoms with Crippen molar-refractivity contribution >= 4 is 31.5 Å². The summed E-state index contributed by atoms with van der Waals surface area (Å²) in [7, 11) is -1.39. The first-order valence-corrected chi connectivity index (χ1v) is 16.7. The van der Waals surface area contributed by atoms with Crippen molar-refractivity contribution in [3.8, 4) is 0 Å². The largest absolute Gasteiger partial charge is 0.471 e. The number of urea groups is 1. The lowest BCUT2D eigenvalue weighted by molar-refractivity contribution is -0.121. The van der Waals surface area contributed by atoms with Crippen LogP contribution in [0, 0.1) is 5.92 Å². The van der Waals surface area contributed by atoms with E-state index in [1.165, 1.54) is 7.11 Å². The number of hydrogen-bond acceptors (Lipinski definition) is 11. The first-order chi connectivity index (χ1) is 19.8. The molecule has 240 valence electrons. The van der Waals surface area contributed by atoms with Gasteiger partial charge in [-0.15, -0.1) is 0 Å². The number of phosphoric ester groups is 1. The molecule has 0 saturated carbocycles. The molecule has 2 rings (SSSR count). The summed E-state index contributed by atoms with van der Waals surface area (Å²) in [6.45, 7) is 4.27. The Bertz CT molecular complexity index is 785. The van der Waals surface area contributed by atoms with Crippen LogP contribution in [0.15, 0.2) is 0 Å².